The van der Waals surface area contributed by atoms with Crippen molar-refractivity contribution >= 4 is 31.9 Å². The molecule has 0 aromatic heterocycles. The van der Waals surface area contributed by atoms with Crippen LogP contribution in [-0.2, 0) is 14.8 Å². The number of sulfonamides is 1. The van der Waals surface area contributed by atoms with Crippen LogP contribution >= 0.6 is 15.9 Å². The van der Waals surface area contributed by atoms with Crippen LogP contribution in [0.3, 0.4) is 0 Å². The molecule has 0 fully saturated rings. The molecule has 0 radical (unpaired) electrons. The van der Waals surface area contributed by atoms with Crippen LogP contribution in [0.5, 0.6) is 5.75 Å². The molecule has 0 bridgehead atoms. The molecule has 0 aliphatic heterocycles. The third kappa shape index (κ3) is 5.56. The summed E-state index contributed by atoms with van der Waals surface area (Å²) >= 11 is 3.37. The Morgan fingerprint density at radius 1 is 1.21 bits per heavy atom. The molecule has 6 nitrogen and oxygen atoms in total. The second-order valence-electron chi connectivity index (χ2n) is 6.46. The molecular formula is C20H25BrN2O4S. The Labute approximate surface area is 175 Å². The molecule has 0 unspecified atom stereocenters. The normalized spacial score (nSPS) is 12.6. The standard InChI is InChI=1S/C20H25BrN2O4S/c1-5-27-19-11-10-18(12-14(19)2)28(25,26)23(4)13-20(24)22-15(3)16-6-8-17(21)9-7-16/h6-12,15H,5,13H2,1-4H3,(H,22,24)/t15-/m1/s1. The van der Waals surface area contributed by atoms with Gasteiger partial charge < -0.3 is 10.1 Å². The maximum Gasteiger partial charge on any atom is 0.243 e. The number of amides is 1. The van der Waals surface area contributed by atoms with Crippen LogP contribution in [0.1, 0.15) is 31.0 Å². The zero-order valence-electron chi connectivity index (χ0n) is 16.4. The van der Waals surface area contributed by atoms with Gasteiger partial charge in [-0.1, -0.05) is 28.1 Å². The molecule has 2 rings (SSSR count). The number of halogens is 1. The molecular weight excluding hydrogens is 444 g/mol. The molecule has 0 spiro atoms. The Hall–Kier alpha value is -1.90. The number of likely N-dealkylation sites (N-methyl/N-ethyl adjacent to an activating group) is 1. The van der Waals surface area contributed by atoms with Gasteiger partial charge in [-0.25, -0.2) is 8.42 Å². The van der Waals surface area contributed by atoms with E-state index in [1.807, 2.05) is 38.1 Å². The van der Waals surface area contributed by atoms with E-state index in [1.165, 1.54) is 13.1 Å². The second-order valence-corrected chi connectivity index (χ2v) is 9.42. The lowest BCUT2D eigenvalue weighted by atomic mass is 10.1. The van der Waals surface area contributed by atoms with Gasteiger partial charge in [-0.15, -0.1) is 0 Å². The van der Waals surface area contributed by atoms with Crippen LogP contribution in [-0.4, -0.2) is 38.8 Å². The van der Waals surface area contributed by atoms with Crippen LogP contribution < -0.4 is 10.1 Å². The summed E-state index contributed by atoms with van der Waals surface area (Å²) in [6.07, 6.45) is 0. The number of nitrogens with zero attached hydrogens (tertiary/aromatic N) is 1. The highest BCUT2D eigenvalue weighted by molar-refractivity contribution is 9.10. The number of hydrogen-bond donors (Lipinski definition) is 1. The van der Waals surface area contributed by atoms with E-state index >= 15 is 0 Å². The summed E-state index contributed by atoms with van der Waals surface area (Å²) in [5.74, 6) is 0.273. The van der Waals surface area contributed by atoms with Crippen LogP contribution in [0.25, 0.3) is 0 Å². The smallest absolute Gasteiger partial charge is 0.243 e. The Balaban J connectivity index is 2.05. The minimum atomic E-state index is -3.78. The Morgan fingerprint density at radius 2 is 1.86 bits per heavy atom. The number of carbonyl (C=O) groups is 1. The largest absolute Gasteiger partial charge is 0.494 e. The van der Waals surface area contributed by atoms with Gasteiger partial charge in [-0.3, -0.25) is 4.79 Å². The molecule has 0 heterocycles. The maximum absolute atomic E-state index is 12.8. The summed E-state index contributed by atoms with van der Waals surface area (Å²) in [6.45, 7) is 5.74. The first kappa shape index (κ1) is 22.4. The van der Waals surface area contributed by atoms with E-state index in [4.69, 9.17) is 4.74 Å². The van der Waals surface area contributed by atoms with Gasteiger partial charge >= 0.3 is 0 Å². The van der Waals surface area contributed by atoms with Crippen LogP contribution in [0.15, 0.2) is 51.8 Å². The van der Waals surface area contributed by atoms with Crippen molar-refractivity contribution in [3.05, 3.63) is 58.1 Å². The molecule has 28 heavy (non-hydrogen) atoms. The highest BCUT2D eigenvalue weighted by atomic mass is 79.9. The number of carbonyl (C=O) groups excluding carboxylic acids is 1. The van der Waals surface area contributed by atoms with E-state index in [1.54, 1.807) is 19.1 Å². The molecule has 8 heteroatoms. The first-order valence-corrected chi connectivity index (χ1v) is 11.1. The van der Waals surface area contributed by atoms with Gasteiger partial charge in [0, 0.05) is 11.5 Å². The van der Waals surface area contributed by atoms with E-state index in [-0.39, 0.29) is 23.4 Å². The Kier molecular flexibility index (Phi) is 7.63. The second kappa shape index (κ2) is 9.54. The summed E-state index contributed by atoms with van der Waals surface area (Å²) < 4.78 is 33.0. The minimum absolute atomic E-state index is 0.129. The number of hydrogen-bond acceptors (Lipinski definition) is 4. The van der Waals surface area contributed by atoms with Gasteiger partial charge in [0.05, 0.1) is 24.1 Å². The van der Waals surface area contributed by atoms with Crippen LogP contribution in [0.2, 0.25) is 0 Å². The van der Waals surface area contributed by atoms with Gasteiger partial charge in [0.2, 0.25) is 15.9 Å². The zero-order chi connectivity index (χ0) is 20.9. The molecule has 2 aromatic carbocycles. The topological polar surface area (TPSA) is 75.7 Å². The van der Waals surface area contributed by atoms with E-state index < -0.39 is 10.0 Å². The van der Waals surface area contributed by atoms with Crippen molar-refractivity contribution in [2.24, 2.45) is 0 Å². The van der Waals surface area contributed by atoms with Crippen molar-refractivity contribution in [3.8, 4) is 5.75 Å². The first-order chi connectivity index (χ1) is 13.1. The molecule has 0 aliphatic carbocycles. The predicted octanol–water partition coefficient (Wildman–Crippen LogP) is 3.65. The van der Waals surface area contributed by atoms with Crippen molar-refractivity contribution in [1.82, 2.24) is 9.62 Å². The van der Waals surface area contributed by atoms with Crippen LogP contribution in [0, 0.1) is 6.92 Å². The maximum atomic E-state index is 12.8. The van der Waals surface area contributed by atoms with Gasteiger partial charge in [0.25, 0.3) is 0 Å². The summed E-state index contributed by atoms with van der Waals surface area (Å²) in [5.41, 5.74) is 1.66. The molecule has 0 aliphatic rings. The fourth-order valence-corrected chi connectivity index (χ4v) is 4.17. The zero-order valence-corrected chi connectivity index (χ0v) is 18.8. The summed E-state index contributed by atoms with van der Waals surface area (Å²) in [4.78, 5) is 12.5. The average Bonchev–Trinajstić information content (AvgIpc) is 2.63. The fourth-order valence-electron chi connectivity index (χ4n) is 2.69. The van der Waals surface area contributed by atoms with Gasteiger partial charge in [0.1, 0.15) is 5.75 Å². The van der Waals surface area contributed by atoms with E-state index in [0.717, 1.165) is 19.9 Å². The van der Waals surface area contributed by atoms with Gasteiger partial charge in [-0.2, -0.15) is 4.31 Å². The molecule has 1 atom stereocenters. The molecule has 152 valence electrons. The summed E-state index contributed by atoms with van der Waals surface area (Å²) in [6, 6.07) is 12.0. The Morgan fingerprint density at radius 3 is 2.43 bits per heavy atom. The number of ether oxygens (including phenoxy) is 1. The van der Waals surface area contributed by atoms with Crippen molar-refractivity contribution in [2.45, 2.75) is 31.7 Å². The van der Waals surface area contributed by atoms with Crippen molar-refractivity contribution in [2.75, 3.05) is 20.2 Å². The fraction of sp³-hybridized carbons (Fsp3) is 0.350. The lowest BCUT2D eigenvalue weighted by molar-refractivity contribution is -0.121. The third-order valence-electron chi connectivity index (χ3n) is 4.27. The minimum Gasteiger partial charge on any atom is -0.494 e. The molecule has 0 saturated heterocycles. The molecule has 1 amide bonds. The van der Waals surface area contributed by atoms with Crippen molar-refractivity contribution in [3.63, 3.8) is 0 Å². The lowest BCUT2D eigenvalue weighted by Crippen LogP contribution is -2.39. The predicted molar refractivity (Wildman–Crippen MR) is 113 cm³/mol. The molecule has 1 N–H and O–H groups in total. The average molecular weight is 469 g/mol. The third-order valence-corrected chi connectivity index (χ3v) is 6.60. The SMILES string of the molecule is CCOc1ccc(S(=O)(=O)N(C)CC(=O)N[C@H](C)c2ccc(Br)cc2)cc1C. The van der Waals surface area contributed by atoms with Gasteiger partial charge in [-0.05, 0) is 62.2 Å². The number of nitrogens with one attached hydrogen (secondary N) is 1. The summed E-state index contributed by atoms with van der Waals surface area (Å²) in [5, 5.41) is 2.83. The van der Waals surface area contributed by atoms with E-state index in [2.05, 4.69) is 21.2 Å². The number of benzene rings is 2. The highest BCUT2D eigenvalue weighted by Crippen LogP contribution is 2.23. The lowest BCUT2D eigenvalue weighted by Gasteiger charge is -2.20. The van der Waals surface area contributed by atoms with Crippen molar-refractivity contribution < 1.29 is 17.9 Å². The van der Waals surface area contributed by atoms with Gasteiger partial charge in [0.15, 0.2) is 0 Å². The molecule has 0 saturated carbocycles. The number of rotatable bonds is 8. The molecule has 2 aromatic rings. The van der Waals surface area contributed by atoms with E-state index in [0.29, 0.717) is 12.4 Å². The quantitative estimate of drug-likeness (QED) is 0.641. The van der Waals surface area contributed by atoms with E-state index in [9.17, 15) is 13.2 Å². The summed E-state index contributed by atoms with van der Waals surface area (Å²) in [7, 11) is -2.39. The highest BCUT2D eigenvalue weighted by Gasteiger charge is 2.24. The Bertz CT molecular complexity index is 930. The first-order valence-electron chi connectivity index (χ1n) is 8.89. The van der Waals surface area contributed by atoms with Crippen molar-refractivity contribution in [1.29, 1.82) is 0 Å². The van der Waals surface area contributed by atoms with Crippen LogP contribution in [0.4, 0.5) is 0 Å². The number of aryl methyl sites for hydroxylation is 1. The monoisotopic (exact) mass is 468 g/mol.